The Morgan fingerprint density at radius 2 is 1.95 bits per heavy atom. The first-order valence-electron chi connectivity index (χ1n) is 8.10. The van der Waals surface area contributed by atoms with Gasteiger partial charge in [-0.25, -0.2) is 0 Å². The quantitative estimate of drug-likeness (QED) is 0.842. The molecule has 1 aromatic heterocycles. The molecule has 0 radical (unpaired) electrons. The number of aryl methyl sites for hydroxylation is 2. The molecule has 0 atom stereocenters. The first-order chi connectivity index (χ1) is 9.65. The van der Waals surface area contributed by atoms with Gasteiger partial charge in [-0.3, -0.25) is 4.68 Å². The van der Waals surface area contributed by atoms with E-state index in [4.69, 9.17) is 0 Å². The molecule has 114 valence electrons. The van der Waals surface area contributed by atoms with Crippen LogP contribution in [0.4, 0.5) is 0 Å². The summed E-state index contributed by atoms with van der Waals surface area (Å²) >= 11 is 3.71. The molecule has 1 saturated carbocycles. The van der Waals surface area contributed by atoms with Crippen LogP contribution in [0.15, 0.2) is 4.47 Å². The Bertz CT molecular complexity index is 420. The fourth-order valence-electron chi connectivity index (χ4n) is 3.11. The van der Waals surface area contributed by atoms with Crippen molar-refractivity contribution in [3.05, 3.63) is 15.9 Å². The predicted molar refractivity (Wildman–Crippen MR) is 87.8 cm³/mol. The van der Waals surface area contributed by atoms with Crippen LogP contribution >= 0.6 is 15.9 Å². The Balaban J connectivity index is 1.86. The molecule has 3 nitrogen and oxygen atoms in total. The minimum absolute atomic E-state index is 0.869. The highest BCUT2D eigenvalue weighted by molar-refractivity contribution is 9.10. The molecule has 2 rings (SSSR count). The van der Waals surface area contributed by atoms with Crippen LogP contribution in [0, 0.1) is 11.8 Å². The van der Waals surface area contributed by atoms with E-state index in [1.807, 2.05) is 0 Å². The zero-order valence-electron chi connectivity index (χ0n) is 13.1. The van der Waals surface area contributed by atoms with Crippen LogP contribution in [0.2, 0.25) is 0 Å². The van der Waals surface area contributed by atoms with Gasteiger partial charge in [-0.15, -0.1) is 0 Å². The maximum absolute atomic E-state index is 4.65. The summed E-state index contributed by atoms with van der Waals surface area (Å²) in [7, 11) is 0. The van der Waals surface area contributed by atoms with E-state index < -0.39 is 0 Å². The number of halogens is 1. The predicted octanol–water partition coefficient (Wildman–Crippen LogP) is 4.14. The van der Waals surface area contributed by atoms with Crippen molar-refractivity contribution < 1.29 is 0 Å². The van der Waals surface area contributed by atoms with Gasteiger partial charge in [-0.2, -0.15) is 5.10 Å². The van der Waals surface area contributed by atoms with Gasteiger partial charge < -0.3 is 5.32 Å². The average Bonchev–Trinajstić information content (AvgIpc) is 2.77. The smallest absolute Gasteiger partial charge is 0.0767 e. The zero-order chi connectivity index (χ0) is 14.5. The first-order valence-corrected chi connectivity index (χ1v) is 8.89. The summed E-state index contributed by atoms with van der Waals surface area (Å²) in [4.78, 5) is 0. The molecule has 1 heterocycles. The van der Waals surface area contributed by atoms with Crippen LogP contribution < -0.4 is 5.32 Å². The molecule has 0 spiro atoms. The Labute approximate surface area is 131 Å². The van der Waals surface area contributed by atoms with Gasteiger partial charge in [-0.1, -0.05) is 26.7 Å². The molecule has 0 unspecified atom stereocenters. The molecule has 0 saturated heterocycles. The summed E-state index contributed by atoms with van der Waals surface area (Å²) in [6, 6.07) is 0. The highest BCUT2D eigenvalue weighted by Gasteiger charge is 2.18. The summed E-state index contributed by atoms with van der Waals surface area (Å²) in [6.07, 6.45) is 6.58. The molecule has 0 aromatic carbocycles. The van der Waals surface area contributed by atoms with Crippen LogP contribution in [-0.2, 0) is 19.5 Å². The highest BCUT2D eigenvalue weighted by atomic mass is 79.9. The Hall–Kier alpha value is -0.350. The second-order valence-corrected chi connectivity index (χ2v) is 6.93. The molecule has 20 heavy (non-hydrogen) atoms. The minimum Gasteiger partial charge on any atom is -0.311 e. The van der Waals surface area contributed by atoms with E-state index in [9.17, 15) is 0 Å². The van der Waals surface area contributed by atoms with Crippen LogP contribution in [0.5, 0.6) is 0 Å². The van der Waals surface area contributed by atoms with E-state index in [2.05, 4.69) is 51.8 Å². The third-order valence-corrected chi connectivity index (χ3v) is 5.47. The number of nitrogens with zero attached hydrogens (tertiary/aromatic N) is 2. The summed E-state index contributed by atoms with van der Waals surface area (Å²) in [6.45, 7) is 9.71. The standard InChI is InChI=1S/C16H28BrN3/c1-4-14-16(17)15(20(5-2)19-14)11-18-10-13-8-6-12(3)7-9-13/h12-13,18H,4-11H2,1-3H3. The fraction of sp³-hybridized carbons (Fsp3) is 0.812. The summed E-state index contributed by atoms with van der Waals surface area (Å²) < 4.78 is 3.32. The van der Waals surface area contributed by atoms with Crippen molar-refractivity contribution in [1.82, 2.24) is 15.1 Å². The van der Waals surface area contributed by atoms with E-state index >= 15 is 0 Å². The van der Waals surface area contributed by atoms with E-state index in [0.29, 0.717) is 0 Å². The molecule has 0 aliphatic heterocycles. The third-order valence-electron chi connectivity index (χ3n) is 4.56. The molecular weight excluding hydrogens is 314 g/mol. The second-order valence-electron chi connectivity index (χ2n) is 6.13. The maximum Gasteiger partial charge on any atom is 0.0767 e. The van der Waals surface area contributed by atoms with Crippen LogP contribution in [-0.4, -0.2) is 16.3 Å². The van der Waals surface area contributed by atoms with Gasteiger partial charge in [-0.05, 0) is 60.5 Å². The van der Waals surface area contributed by atoms with Gasteiger partial charge in [0.25, 0.3) is 0 Å². The van der Waals surface area contributed by atoms with Crippen LogP contribution in [0.25, 0.3) is 0 Å². The Kier molecular flexibility index (Phi) is 6.09. The van der Waals surface area contributed by atoms with E-state index in [1.54, 1.807) is 0 Å². The molecular formula is C16H28BrN3. The Morgan fingerprint density at radius 3 is 2.55 bits per heavy atom. The van der Waals surface area contributed by atoms with E-state index in [1.165, 1.54) is 41.5 Å². The largest absolute Gasteiger partial charge is 0.311 e. The lowest BCUT2D eigenvalue weighted by molar-refractivity contribution is 0.281. The molecule has 1 aromatic rings. The normalized spacial score (nSPS) is 23.2. The van der Waals surface area contributed by atoms with Gasteiger partial charge in [0.1, 0.15) is 0 Å². The zero-order valence-corrected chi connectivity index (χ0v) is 14.7. The number of rotatable bonds is 6. The summed E-state index contributed by atoms with van der Waals surface area (Å²) in [5.74, 6) is 1.81. The van der Waals surface area contributed by atoms with E-state index in [-0.39, 0.29) is 0 Å². The molecule has 1 fully saturated rings. The van der Waals surface area contributed by atoms with Crippen LogP contribution in [0.1, 0.15) is 57.8 Å². The van der Waals surface area contributed by atoms with Crippen molar-refractivity contribution in [2.45, 2.75) is 66.0 Å². The second kappa shape index (κ2) is 7.60. The Morgan fingerprint density at radius 1 is 1.25 bits per heavy atom. The highest BCUT2D eigenvalue weighted by Crippen LogP contribution is 2.28. The van der Waals surface area contributed by atoms with Crippen molar-refractivity contribution in [2.24, 2.45) is 11.8 Å². The number of nitrogens with one attached hydrogen (secondary N) is 1. The van der Waals surface area contributed by atoms with Gasteiger partial charge in [0, 0.05) is 13.1 Å². The molecule has 1 N–H and O–H groups in total. The number of aromatic nitrogens is 2. The minimum atomic E-state index is 0.869. The van der Waals surface area contributed by atoms with Crippen molar-refractivity contribution in [3.8, 4) is 0 Å². The van der Waals surface area contributed by atoms with Gasteiger partial charge in [0.15, 0.2) is 0 Å². The lowest BCUT2D eigenvalue weighted by Crippen LogP contribution is -2.26. The van der Waals surface area contributed by atoms with Crippen LogP contribution in [0.3, 0.4) is 0 Å². The van der Waals surface area contributed by atoms with Crippen molar-refractivity contribution >= 4 is 15.9 Å². The maximum atomic E-state index is 4.65. The molecule has 0 amide bonds. The molecule has 4 heteroatoms. The SMILES string of the molecule is CCc1nn(CC)c(CNCC2CCC(C)CC2)c1Br. The van der Waals surface area contributed by atoms with Gasteiger partial charge in [0.2, 0.25) is 0 Å². The summed E-state index contributed by atoms with van der Waals surface area (Å²) in [5.41, 5.74) is 2.48. The lowest BCUT2D eigenvalue weighted by atomic mass is 9.83. The fourth-order valence-corrected chi connectivity index (χ4v) is 3.82. The topological polar surface area (TPSA) is 29.9 Å². The van der Waals surface area contributed by atoms with Crippen molar-refractivity contribution in [1.29, 1.82) is 0 Å². The average molecular weight is 342 g/mol. The van der Waals surface area contributed by atoms with Gasteiger partial charge >= 0.3 is 0 Å². The first kappa shape index (κ1) is 16.0. The number of hydrogen-bond donors (Lipinski definition) is 1. The monoisotopic (exact) mass is 341 g/mol. The van der Waals surface area contributed by atoms with E-state index in [0.717, 1.165) is 37.9 Å². The number of hydrogen-bond acceptors (Lipinski definition) is 2. The third kappa shape index (κ3) is 3.85. The van der Waals surface area contributed by atoms with Gasteiger partial charge in [0.05, 0.1) is 15.9 Å². The lowest BCUT2D eigenvalue weighted by Gasteiger charge is -2.26. The summed E-state index contributed by atoms with van der Waals surface area (Å²) in [5, 5.41) is 8.30. The molecule has 1 aliphatic carbocycles. The van der Waals surface area contributed by atoms with Crippen molar-refractivity contribution in [2.75, 3.05) is 6.54 Å². The molecule has 1 aliphatic rings. The van der Waals surface area contributed by atoms with Crippen molar-refractivity contribution in [3.63, 3.8) is 0 Å². The molecule has 0 bridgehead atoms.